The summed E-state index contributed by atoms with van der Waals surface area (Å²) in [6.45, 7) is 5.54. The van der Waals surface area contributed by atoms with Crippen LogP contribution in [0.2, 0.25) is 0 Å². The molecule has 37 heavy (non-hydrogen) atoms. The van der Waals surface area contributed by atoms with E-state index >= 15 is 0 Å². The molecule has 4 aromatic rings. The second-order valence-electron chi connectivity index (χ2n) is 9.82. The minimum absolute atomic E-state index is 0.0700. The first-order chi connectivity index (χ1) is 17.9. The number of rotatable bonds is 6. The molecule has 2 fully saturated rings. The SMILES string of the molecule is CN(C1CCN(Cc2cc3nc(-c4cccc5[nH]ncc45)nc(N4CCOCC4)c3s2)CC1)S(C)(=O)=O. The zero-order valence-electron chi connectivity index (χ0n) is 21.1. The van der Waals surface area contributed by atoms with Crippen molar-refractivity contribution in [2.24, 2.45) is 0 Å². The Hall–Kier alpha value is -2.64. The first-order valence-corrected chi connectivity index (χ1v) is 15.2. The molecule has 0 saturated carbocycles. The van der Waals surface area contributed by atoms with Crippen molar-refractivity contribution in [1.82, 2.24) is 29.4 Å². The molecule has 196 valence electrons. The number of H-pyrrole nitrogens is 1. The molecule has 2 aliphatic heterocycles. The molecule has 1 N–H and O–H groups in total. The number of morpholine rings is 1. The van der Waals surface area contributed by atoms with Gasteiger partial charge in [-0.3, -0.25) is 10.00 Å². The third-order valence-corrected chi connectivity index (χ3v) is 9.86. The summed E-state index contributed by atoms with van der Waals surface area (Å²) in [5.74, 6) is 1.67. The van der Waals surface area contributed by atoms with Crippen LogP contribution in [0.5, 0.6) is 0 Å². The van der Waals surface area contributed by atoms with E-state index in [9.17, 15) is 8.42 Å². The first kappa shape index (κ1) is 24.7. The lowest BCUT2D eigenvalue weighted by Crippen LogP contribution is -2.44. The van der Waals surface area contributed by atoms with Crippen molar-refractivity contribution in [2.75, 3.05) is 57.6 Å². The number of aromatic nitrogens is 4. The Morgan fingerprint density at radius 2 is 1.95 bits per heavy atom. The van der Waals surface area contributed by atoms with Gasteiger partial charge in [0.05, 0.1) is 41.4 Å². The van der Waals surface area contributed by atoms with Crippen LogP contribution in [0.1, 0.15) is 17.7 Å². The van der Waals surface area contributed by atoms with Crippen LogP contribution in [0.4, 0.5) is 5.82 Å². The maximum absolute atomic E-state index is 11.9. The Labute approximate surface area is 220 Å². The largest absolute Gasteiger partial charge is 0.378 e. The molecular formula is C25H31N7O3S2. The quantitative estimate of drug-likeness (QED) is 0.397. The summed E-state index contributed by atoms with van der Waals surface area (Å²) >= 11 is 1.76. The fourth-order valence-electron chi connectivity index (χ4n) is 5.25. The van der Waals surface area contributed by atoms with Gasteiger partial charge in [0.15, 0.2) is 11.6 Å². The number of ether oxygens (including phenoxy) is 1. The minimum atomic E-state index is -3.17. The van der Waals surface area contributed by atoms with E-state index in [1.165, 1.54) is 15.4 Å². The summed E-state index contributed by atoms with van der Waals surface area (Å²) in [6, 6.07) is 8.32. The number of hydrogen-bond donors (Lipinski definition) is 1. The molecule has 0 atom stereocenters. The van der Waals surface area contributed by atoms with Crippen molar-refractivity contribution in [3.8, 4) is 11.4 Å². The van der Waals surface area contributed by atoms with Crippen LogP contribution < -0.4 is 4.90 Å². The lowest BCUT2D eigenvalue weighted by molar-refractivity contribution is 0.122. The van der Waals surface area contributed by atoms with E-state index in [1.54, 1.807) is 18.4 Å². The van der Waals surface area contributed by atoms with Crippen LogP contribution in [0, 0.1) is 0 Å². The smallest absolute Gasteiger partial charge is 0.211 e. The van der Waals surface area contributed by atoms with Gasteiger partial charge in [-0.1, -0.05) is 12.1 Å². The molecule has 2 saturated heterocycles. The van der Waals surface area contributed by atoms with E-state index in [0.717, 1.165) is 78.1 Å². The van der Waals surface area contributed by atoms with Crippen LogP contribution in [0.25, 0.3) is 32.5 Å². The number of nitrogens with zero attached hydrogens (tertiary/aromatic N) is 6. The number of sulfonamides is 1. The monoisotopic (exact) mass is 541 g/mol. The van der Waals surface area contributed by atoms with Crippen molar-refractivity contribution in [3.63, 3.8) is 0 Å². The molecule has 0 radical (unpaired) electrons. The van der Waals surface area contributed by atoms with Gasteiger partial charge in [-0.15, -0.1) is 11.3 Å². The Bertz CT molecular complexity index is 1520. The predicted molar refractivity (Wildman–Crippen MR) is 146 cm³/mol. The average molecular weight is 542 g/mol. The Morgan fingerprint density at radius 3 is 2.70 bits per heavy atom. The highest BCUT2D eigenvalue weighted by Gasteiger charge is 2.28. The first-order valence-electron chi connectivity index (χ1n) is 12.6. The van der Waals surface area contributed by atoms with Gasteiger partial charge in [-0.25, -0.2) is 22.7 Å². The van der Waals surface area contributed by atoms with Crippen LogP contribution in [0.15, 0.2) is 30.5 Å². The van der Waals surface area contributed by atoms with E-state index in [0.29, 0.717) is 19.0 Å². The number of anilines is 1. The van der Waals surface area contributed by atoms with Crippen LogP contribution in [-0.4, -0.2) is 96.5 Å². The summed E-state index contributed by atoms with van der Waals surface area (Å²) in [7, 11) is -1.48. The summed E-state index contributed by atoms with van der Waals surface area (Å²) in [6.07, 6.45) is 4.79. The normalized spacial score (nSPS) is 18.4. The van der Waals surface area contributed by atoms with Gasteiger partial charge in [0.2, 0.25) is 10.0 Å². The Morgan fingerprint density at radius 1 is 1.16 bits per heavy atom. The molecule has 5 heterocycles. The number of aromatic amines is 1. The highest BCUT2D eigenvalue weighted by molar-refractivity contribution is 7.88. The molecule has 0 aliphatic carbocycles. The molecule has 6 rings (SSSR count). The zero-order chi connectivity index (χ0) is 25.6. The molecule has 1 aromatic carbocycles. The number of thiophene rings is 1. The Balaban J connectivity index is 1.31. The highest BCUT2D eigenvalue weighted by Crippen LogP contribution is 2.36. The van der Waals surface area contributed by atoms with Crippen molar-refractivity contribution in [3.05, 3.63) is 35.3 Å². The molecule has 0 spiro atoms. The maximum atomic E-state index is 11.9. The highest BCUT2D eigenvalue weighted by atomic mass is 32.2. The number of hydrogen-bond acceptors (Lipinski definition) is 9. The number of nitrogens with one attached hydrogen (secondary N) is 1. The minimum Gasteiger partial charge on any atom is -0.378 e. The number of fused-ring (bicyclic) bond motifs is 2. The van der Waals surface area contributed by atoms with Gasteiger partial charge in [-0.2, -0.15) is 5.10 Å². The summed E-state index contributed by atoms with van der Waals surface area (Å²) in [5.41, 5.74) is 2.89. The van der Waals surface area contributed by atoms with Gasteiger partial charge >= 0.3 is 0 Å². The summed E-state index contributed by atoms with van der Waals surface area (Å²) in [5, 5.41) is 8.26. The lowest BCUT2D eigenvalue weighted by atomic mass is 10.1. The fourth-order valence-corrected chi connectivity index (χ4v) is 7.15. The van der Waals surface area contributed by atoms with Crippen LogP contribution >= 0.6 is 11.3 Å². The molecule has 2 aliphatic rings. The average Bonchev–Trinajstić information content (AvgIpc) is 3.54. The third-order valence-electron chi connectivity index (χ3n) is 7.41. The second-order valence-corrected chi connectivity index (χ2v) is 13.0. The van der Waals surface area contributed by atoms with E-state index in [1.807, 2.05) is 24.4 Å². The van der Waals surface area contributed by atoms with Crippen LogP contribution in [0.3, 0.4) is 0 Å². The standard InChI is InChI=1S/C25H31N7O3S2/c1-30(37(2,33)34)17-6-8-31(9-7-17)16-18-14-22-23(36-18)25(32-10-12-35-13-11-32)28-24(27-22)19-4-3-5-21-20(19)15-26-29-21/h3-5,14-15,17H,6-13,16H2,1-2H3,(H,26,29). The zero-order valence-corrected chi connectivity index (χ0v) is 22.7. The predicted octanol–water partition coefficient (Wildman–Crippen LogP) is 2.93. The number of piperidine rings is 1. The maximum Gasteiger partial charge on any atom is 0.211 e. The topological polar surface area (TPSA) is 108 Å². The Kier molecular flexibility index (Phi) is 6.61. The van der Waals surface area contributed by atoms with Gasteiger partial charge in [0.25, 0.3) is 0 Å². The van der Waals surface area contributed by atoms with E-state index in [4.69, 9.17) is 14.7 Å². The van der Waals surface area contributed by atoms with E-state index < -0.39 is 10.0 Å². The number of benzene rings is 1. The molecule has 0 unspecified atom stereocenters. The molecule has 0 amide bonds. The van der Waals surface area contributed by atoms with Crippen molar-refractivity contribution >= 4 is 48.3 Å². The summed E-state index contributed by atoms with van der Waals surface area (Å²) < 4.78 is 32.1. The van der Waals surface area contributed by atoms with Gasteiger partial charge in [0.1, 0.15) is 0 Å². The third kappa shape index (κ3) is 4.96. The lowest BCUT2D eigenvalue weighted by Gasteiger charge is -2.35. The molecule has 0 bridgehead atoms. The van der Waals surface area contributed by atoms with E-state index in [2.05, 4.69) is 26.1 Å². The van der Waals surface area contributed by atoms with E-state index in [-0.39, 0.29) is 6.04 Å². The van der Waals surface area contributed by atoms with Crippen molar-refractivity contribution in [2.45, 2.75) is 25.4 Å². The van der Waals surface area contributed by atoms with Crippen LogP contribution in [-0.2, 0) is 21.3 Å². The van der Waals surface area contributed by atoms with Gasteiger partial charge in [0, 0.05) is 61.6 Å². The number of likely N-dealkylation sites (tertiary alicyclic amines) is 1. The summed E-state index contributed by atoms with van der Waals surface area (Å²) in [4.78, 5) is 16.1. The fraction of sp³-hybridized carbons (Fsp3) is 0.480. The van der Waals surface area contributed by atoms with Gasteiger partial charge in [-0.05, 0) is 25.0 Å². The molecular weight excluding hydrogens is 510 g/mol. The van der Waals surface area contributed by atoms with Gasteiger partial charge < -0.3 is 9.64 Å². The molecule has 3 aromatic heterocycles. The molecule has 10 nitrogen and oxygen atoms in total. The second kappa shape index (κ2) is 9.91. The molecule has 12 heteroatoms. The van der Waals surface area contributed by atoms with Crippen molar-refractivity contribution < 1.29 is 13.2 Å². The van der Waals surface area contributed by atoms with Crippen molar-refractivity contribution in [1.29, 1.82) is 0 Å².